The van der Waals surface area contributed by atoms with Crippen LogP contribution in [-0.4, -0.2) is 18.2 Å². The van der Waals surface area contributed by atoms with Crippen LogP contribution in [0, 0.1) is 5.92 Å². The Morgan fingerprint density at radius 3 is 2.86 bits per heavy atom. The topological polar surface area (TPSA) is 32.3 Å². The number of rotatable bonds is 2. The van der Waals surface area contributed by atoms with Gasteiger partial charge in [0, 0.05) is 5.41 Å². The maximum Gasteiger partial charge on any atom is 0.115 e. The predicted octanol–water partition coefficient (Wildman–Crippen LogP) is 3.43. The van der Waals surface area contributed by atoms with E-state index < -0.39 is 0 Å². The second-order valence-corrected chi connectivity index (χ2v) is 6.85. The first-order valence-electron chi connectivity index (χ1n) is 8.35. The maximum absolute atomic E-state index is 9.85. The van der Waals surface area contributed by atoms with Gasteiger partial charge >= 0.3 is 0 Å². The van der Waals surface area contributed by atoms with E-state index in [-0.39, 0.29) is 5.41 Å². The molecule has 1 fully saturated rings. The zero-order chi connectivity index (χ0) is 15.0. The molecule has 1 aliphatic carbocycles. The van der Waals surface area contributed by atoms with Gasteiger partial charge in [0.2, 0.25) is 0 Å². The zero-order valence-corrected chi connectivity index (χ0v) is 12.9. The summed E-state index contributed by atoms with van der Waals surface area (Å²) in [5, 5.41) is 13.4. The number of aryl methyl sites for hydroxylation is 1. The van der Waals surface area contributed by atoms with Crippen LogP contribution in [0.5, 0.6) is 5.75 Å². The van der Waals surface area contributed by atoms with Crippen LogP contribution in [0.1, 0.15) is 29.5 Å². The molecule has 1 saturated heterocycles. The fourth-order valence-corrected chi connectivity index (χ4v) is 4.61. The minimum absolute atomic E-state index is 0.230. The number of hydrogen-bond donors (Lipinski definition) is 2. The fourth-order valence-electron chi connectivity index (χ4n) is 4.61. The zero-order valence-electron chi connectivity index (χ0n) is 12.9. The Labute approximate surface area is 132 Å². The summed E-state index contributed by atoms with van der Waals surface area (Å²) in [6, 6.07) is 16.9. The third-order valence-corrected chi connectivity index (χ3v) is 5.67. The molecule has 0 bridgehead atoms. The maximum atomic E-state index is 9.85. The van der Waals surface area contributed by atoms with Crippen molar-refractivity contribution in [2.45, 2.75) is 31.1 Å². The molecule has 4 rings (SSSR count). The van der Waals surface area contributed by atoms with Crippen molar-refractivity contribution in [1.29, 1.82) is 0 Å². The van der Waals surface area contributed by atoms with Crippen molar-refractivity contribution in [1.82, 2.24) is 5.32 Å². The van der Waals surface area contributed by atoms with E-state index in [0.717, 1.165) is 25.9 Å². The first kappa shape index (κ1) is 13.8. The fraction of sp³-hybridized carbons (Fsp3) is 0.400. The van der Waals surface area contributed by atoms with Crippen molar-refractivity contribution in [2.75, 3.05) is 13.1 Å². The first-order valence-corrected chi connectivity index (χ1v) is 8.35. The summed E-state index contributed by atoms with van der Waals surface area (Å²) in [4.78, 5) is 0. The van der Waals surface area contributed by atoms with E-state index in [9.17, 15) is 5.11 Å². The number of fused-ring (bicyclic) bond motifs is 3. The van der Waals surface area contributed by atoms with Crippen LogP contribution in [0.3, 0.4) is 0 Å². The van der Waals surface area contributed by atoms with E-state index in [2.05, 4.69) is 41.7 Å². The van der Waals surface area contributed by atoms with Crippen molar-refractivity contribution >= 4 is 0 Å². The van der Waals surface area contributed by atoms with Gasteiger partial charge in [0.15, 0.2) is 0 Å². The van der Waals surface area contributed by atoms with Gasteiger partial charge in [-0.1, -0.05) is 36.4 Å². The van der Waals surface area contributed by atoms with Gasteiger partial charge in [-0.05, 0) is 73.5 Å². The second kappa shape index (κ2) is 5.44. The van der Waals surface area contributed by atoms with E-state index >= 15 is 0 Å². The molecule has 22 heavy (non-hydrogen) atoms. The molecule has 2 N–H and O–H groups in total. The Bertz CT molecular complexity index is 667. The van der Waals surface area contributed by atoms with Gasteiger partial charge in [-0.2, -0.15) is 0 Å². The number of piperidine rings is 1. The Kier molecular flexibility index (Phi) is 3.42. The van der Waals surface area contributed by atoms with Gasteiger partial charge in [-0.25, -0.2) is 0 Å². The molecule has 2 unspecified atom stereocenters. The molecule has 0 spiro atoms. The van der Waals surface area contributed by atoms with E-state index in [0.29, 0.717) is 11.7 Å². The average molecular weight is 293 g/mol. The number of hydrogen-bond acceptors (Lipinski definition) is 2. The molecule has 0 radical (unpaired) electrons. The monoisotopic (exact) mass is 293 g/mol. The average Bonchev–Trinajstić information content (AvgIpc) is 2.55. The Morgan fingerprint density at radius 2 is 2.00 bits per heavy atom. The Balaban J connectivity index is 1.81. The van der Waals surface area contributed by atoms with E-state index in [1.165, 1.54) is 29.5 Å². The van der Waals surface area contributed by atoms with Gasteiger partial charge in [0.25, 0.3) is 0 Å². The lowest BCUT2D eigenvalue weighted by atomic mass is 9.58. The minimum atomic E-state index is 0.230. The highest BCUT2D eigenvalue weighted by Crippen LogP contribution is 2.48. The van der Waals surface area contributed by atoms with Gasteiger partial charge in [0.05, 0.1) is 0 Å². The normalized spacial score (nSPS) is 27.0. The van der Waals surface area contributed by atoms with Gasteiger partial charge in [-0.15, -0.1) is 0 Å². The SMILES string of the molecule is Oc1ccc2c(c1)CCC1CNCCC21Cc1ccccc1. The summed E-state index contributed by atoms with van der Waals surface area (Å²) in [5.41, 5.74) is 4.49. The van der Waals surface area contributed by atoms with E-state index in [4.69, 9.17) is 0 Å². The van der Waals surface area contributed by atoms with Crippen LogP contribution >= 0.6 is 0 Å². The molecule has 2 aromatic carbocycles. The lowest BCUT2D eigenvalue weighted by molar-refractivity contribution is 0.172. The standard InChI is InChI=1S/C20H23NO/c22-18-8-9-19-16(12-18)6-7-17-14-21-11-10-20(17,19)13-15-4-2-1-3-5-15/h1-5,8-9,12,17,21-22H,6-7,10-11,13-14H2. The Morgan fingerprint density at radius 1 is 1.14 bits per heavy atom. The van der Waals surface area contributed by atoms with Crippen LogP contribution < -0.4 is 5.32 Å². The van der Waals surface area contributed by atoms with Crippen LogP contribution in [0.25, 0.3) is 0 Å². The molecule has 2 aromatic rings. The van der Waals surface area contributed by atoms with E-state index in [1.807, 2.05) is 12.1 Å². The van der Waals surface area contributed by atoms with Gasteiger partial charge < -0.3 is 10.4 Å². The number of phenols is 1. The number of phenolic OH excluding ortho intramolecular Hbond substituents is 1. The van der Waals surface area contributed by atoms with Crippen LogP contribution in [0.4, 0.5) is 0 Å². The number of nitrogens with one attached hydrogen (secondary N) is 1. The van der Waals surface area contributed by atoms with Crippen LogP contribution in [0.2, 0.25) is 0 Å². The minimum Gasteiger partial charge on any atom is -0.508 e. The molecule has 0 saturated carbocycles. The highest BCUT2D eigenvalue weighted by Gasteiger charge is 2.45. The largest absolute Gasteiger partial charge is 0.508 e. The first-order chi connectivity index (χ1) is 10.8. The summed E-state index contributed by atoms with van der Waals surface area (Å²) in [7, 11) is 0. The molecule has 2 aliphatic rings. The third kappa shape index (κ3) is 2.22. The third-order valence-electron chi connectivity index (χ3n) is 5.67. The van der Waals surface area contributed by atoms with Crippen molar-refractivity contribution in [3.8, 4) is 5.75 Å². The van der Waals surface area contributed by atoms with Crippen LogP contribution in [0.15, 0.2) is 48.5 Å². The summed E-state index contributed by atoms with van der Waals surface area (Å²) >= 11 is 0. The quantitative estimate of drug-likeness (QED) is 0.889. The molecule has 2 heteroatoms. The molecule has 1 heterocycles. The lowest BCUT2D eigenvalue weighted by Crippen LogP contribution is -2.51. The van der Waals surface area contributed by atoms with Crippen molar-refractivity contribution in [3.05, 3.63) is 65.2 Å². The van der Waals surface area contributed by atoms with Gasteiger partial charge in [0.1, 0.15) is 5.75 Å². The lowest BCUT2D eigenvalue weighted by Gasteiger charge is -2.49. The molecule has 1 aliphatic heterocycles. The summed E-state index contributed by atoms with van der Waals surface area (Å²) in [5.74, 6) is 1.10. The van der Waals surface area contributed by atoms with Crippen molar-refractivity contribution in [3.63, 3.8) is 0 Å². The number of aromatic hydroxyl groups is 1. The molecule has 2 nitrogen and oxygen atoms in total. The highest BCUT2D eigenvalue weighted by molar-refractivity contribution is 5.44. The van der Waals surface area contributed by atoms with E-state index in [1.54, 1.807) is 0 Å². The smallest absolute Gasteiger partial charge is 0.115 e. The van der Waals surface area contributed by atoms with Gasteiger partial charge in [-0.3, -0.25) is 0 Å². The number of benzene rings is 2. The van der Waals surface area contributed by atoms with Crippen molar-refractivity contribution in [2.24, 2.45) is 5.92 Å². The molecule has 114 valence electrons. The Hall–Kier alpha value is -1.80. The molecule has 2 atom stereocenters. The van der Waals surface area contributed by atoms with Crippen molar-refractivity contribution < 1.29 is 5.11 Å². The highest BCUT2D eigenvalue weighted by atomic mass is 16.3. The second-order valence-electron chi connectivity index (χ2n) is 6.85. The van der Waals surface area contributed by atoms with Crippen LogP contribution in [-0.2, 0) is 18.3 Å². The predicted molar refractivity (Wildman–Crippen MR) is 89.2 cm³/mol. The molecular formula is C20H23NO. The molecule has 0 amide bonds. The summed E-state index contributed by atoms with van der Waals surface area (Å²) in [6.45, 7) is 2.21. The summed E-state index contributed by atoms with van der Waals surface area (Å²) in [6.07, 6.45) is 4.60. The summed E-state index contributed by atoms with van der Waals surface area (Å²) < 4.78 is 0. The molecule has 0 aromatic heterocycles. The molecular weight excluding hydrogens is 270 g/mol.